The van der Waals surface area contributed by atoms with Crippen LogP contribution in [0.2, 0.25) is 18.1 Å². The van der Waals surface area contributed by atoms with Gasteiger partial charge in [0.1, 0.15) is 5.75 Å². The number of phenols is 1. The summed E-state index contributed by atoms with van der Waals surface area (Å²) in [4.78, 5) is 2.64. The highest BCUT2D eigenvalue weighted by Crippen LogP contribution is 2.40. The molecule has 1 aromatic carbocycles. The van der Waals surface area contributed by atoms with Crippen molar-refractivity contribution in [2.45, 2.75) is 109 Å². The summed E-state index contributed by atoms with van der Waals surface area (Å²) >= 11 is 0. The fourth-order valence-electron chi connectivity index (χ4n) is 4.68. The number of hydrogen-bond acceptors (Lipinski definition) is 6. The van der Waals surface area contributed by atoms with Gasteiger partial charge in [0.15, 0.2) is 8.32 Å². The number of unbranched alkanes of at least 4 members (excludes halogenated alkanes) is 6. The predicted molar refractivity (Wildman–Crippen MR) is 163 cm³/mol. The van der Waals surface area contributed by atoms with Gasteiger partial charge in [-0.3, -0.25) is 4.72 Å². The smallest absolute Gasteiger partial charge is 0.229 e. The van der Waals surface area contributed by atoms with Crippen LogP contribution in [0, 0.1) is 0 Å². The Balaban J connectivity index is 1.79. The summed E-state index contributed by atoms with van der Waals surface area (Å²) in [6.45, 7) is 16.6. The van der Waals surface area contributed by atoms with Gasteiger partial charge in [-0.15, -0.1) is 0 Å². The Labute approximate surface area is 234 Å². The molecule has 0 aromatic heterocycles. The van der Waals surface area contributed by atoms with Crippen molar-refractivity contribution in [3.8, 4) is 5.75 Å². The molecule has 0 aliphatic carbocycles. The van der Waals surface area contributed by atoms with Gasteiger partial charge in [-0.1, -0.05) is 65.4 Å². The number of aromatic hydroxyl groups is 1. The van der Waals surface area contributed by atoms with E-state index in [1.54, 1.807) is 6.07 Å². The number of phenolic OH excluding ortho intramolecular Hbond substituents is 1. The van der Waals surface area contributed by atoms with Gasteiger partial charge in [0, 0.05) is 6.54 Å². The molecule has 0 unspecified atom stereocenters. The number of likely N-dealkylation sites (tertiary alicyclic amines) is 1. The van der Waals surface area contributed by atoms with E-state index >= 15 is 0 Å². The van der Waals surface area contributed by atoms with Crippen LogP contribution < -0.4 is 10.0 Å². The third-order valence-electron chi connectivity index (χ3n) is 8.04. The lowest BCUT2D eigenvalue weighted by Crippen LogP contribution is -2.43. The van der Waals surface area contributed by atoms with E-state index in [9.17, 15) is 13.5 Å². The molecule has 1 saturated heterocycles. The number of sulfonamides is 1. The molecule has 1 atom stereocenters. The lowest BCUT2D eigenvalue weighted by molar-refractivity contribution is 0.180. The van der Waals surface area contributed by atoms with E-state index in [0.717, 1.165) is 24.8 Å². The topological polar surface area (TPSA) is 90.9 Å². The van der Waals surface area contributed by atoms with Gasteiger partial charge >= 0.3 is 0 Å². The van der Waals surface area contributed by atoms with Crippen LogP contribution in [0.1, 0.15) is 96.6 Å². The van der Waals surface area contributed by atoms with Crippen LogP contribution in [0.15, 0.2) is 18.2 Å². The molecule has 0 bridgehead atoms. The molecular formula is C29H55N3O4SSi. The Hall–Kier alpha value is -1.13. The summed E-state index contributed by atoms with van der Waals surface area (Å²) in [6, 6.07) is 5.06. The highest BCUT2D eigenvalue weighted by atomic mass is 32.2. The average molecular weight is 570 g/mol. The number of hydrogen-bond donors (Lipinski definition) is 3. The van der Waals surface area contributed by atoms with Crippen molar-refractivity contribution in [1.82, 2.24) is 10.2 Å². The Kier molecular flexibility index (Phi) is 13.6. The van der Waals surface area contributed by atoms with Gasteiger partial charge in [-0.25, -0.2) is 8.42 Å². The minimum absolute atomic E-state index is 0.0454. The predicted octanol–water partition coefficient (Wildman–Crippen LogP) is 6.63. The van der Waals surface area contributed by atoms with Gasteiger partial charge in [0.25, 0.3) is 0 Å². The van der Waals surface area contributed by atoms with Gasteiger partial charge in [-0.05, 0) is 87.7 Å². The Morgan fingerprint density at radius 1 is 1.00 bits per heavy atom. The Morgan fingerprint density at radius 2 is 1.61 bits per heavy atom. The largest absolute Gasteiger partial charge is 0.506 e. The van der Waals surface area contributed by atoms with Gasteiger partial charge in [0.05, 0.1) is 18.0 Å². The van der Waals surface area contributed by atoms with Crippen molar-refractivity contribution in [3.63, 3.8) is 0 Å². The van der Waals surface area contributed by atoms with E-state index in [4.69, 9.17) is 4.43 Å². The first kappa shape index (κ1) is 33.1. The number of nitrogens with one attached hydrogen (secondary N) is 2. The molecule has 0 saturated carbocycles. The third-order valence-corrected chi connectivity index (χ3v) is 13.1. The monoisotopic (exact) mass is 569 g/mol. The van der Waals surface area contributed by atoms with Crippen LogP contribution in [0.5, 0.6) is 5.75 Å². The fourth-order valence-corrected chi connectivity index (χ4v) is 6.53. The molecule has 7 nitrogen and oxygen atoms in total. The zero-order chi connectivity index (χ0) is 28.2. The maximum atomic E-state index is 11.8. The van der Waals surface area contributed by atoms with Gasteiger partial charge in [-0.2, -0.15) is 0 Å². The molecule has 3 N–H and O–H groups in total. The van der Waals surface area contributed by atoms with Gasteiger partial charge in [0.2, 0.25) is 10.0 Å². The van der Waals surface area contributed by atoms with E-state index in [0.29, 0.717) is 6.54 Å². The van der Waals surface area contributed by atoms with Crippen molar-refractivity contribution < 1.29 is 18.0 Å². The van der Waals surface area contributed by atoms with E-state index < -0.39 is 18.3 Å². The molecule has 9 heteroatoms. The van der Waals surface area contributed by atoms with Crippen molar-refractivity contribution >= 4 is 24.0 Å². The number of anilines is 1. The maximum Gasteiger partial charge on any atom is 0.229 e. The first-order valence-electron chi connectivity index (χ1n) is 14.7. The van der Waals surface area contributed by atoms with E-state index in [1.807, 2.05) is 6.07 Å². The summed E-state index contributed by atoms with van der Waals surface area (Å²) in [5, 5.41) is 13.8. The lowest BCUT2D eigenvalue weighted by Gasteiger charge is -2.39. The molecule has 1 aromatic rings. The highest BCUT2D eigenvalue weighted by molar-refractivity contribution is 7.92. The second-order valence-electron chi connectivity index (χ2n) is 12.6. The fraction of sp³-hybridized carbons (Fsp3) is 0.793. The quantitative estimate of drug-likeness (QED) is 0.111. The Morgan fingerprint density at radius 3 is 2.21 bits per heavy atom. The summed E-state index contributed by atoms with van der Waals surface area (Å²) in [5.74, 6) is -0.0929. The minimum Gasteiger partial charge on any atom is -0.506 e. The van der Waals surface area contributed by atoms with Crippen LogP contribution >= 0.6 is 0 Å². The molecule has 1 fully saturated rings. The van der Waals surface area contributed by atoms with Gasteiger partial charge < -0.3 is 19.7 Å². The van der Waals surface area contributed by atoms with Crippen molar-refractivity contribution in [1.29, 1.82) is 0 Å². The van der Waals surface area contributed by atoms with Crippen molar-refractivity contribution in [2.24, 2.45) is 0 Å². The molecule has 1 heterocycles. The SMILES string of the molecule is CC(C)(C)[Si](C)(C)O[C@H](CNCCCCCCCCCN1CCCCC1)c1ccc(O)c(NS(C)(=O)=O)c1. The highest BCUT2D eigenvalue weighted by Gasteiger charge is 2.39. The zero-order valence-corrected chi connectivity index (χ0v) is 26.8. The average Bonchev–Trinajstić information content (AvgIpc) is 2.82. The summed E-state index contributed by atoms with van der Waals surface area (Å²) in [5.41, 5.74) is 1.04. The van der Waals surface area contributed by atoms with Crippen LogP contribution in [0.25, 0.3) is 0 Å². The molecular weight excluding hydrogens is 514 g/mol. The molecule has 38 heavy (non-hydrogen) atoms. The van der Waals surface area contributed by atoms with Crippen LogP contribution in [-0.4, -0.2) is 65.7 Å². The second-order valence-corrected chi connectivity index (χ2v) is 19.1. The second kappa shape index (κ2) is 15.6. The third kappa shape index (κ3) is 12.4. The number of piperidine rings is 1. The first-order valence-corrected chi connectivity index (χ1v) is 19.5. The van der Waals surface area contributed by atoms with Crippen molar-refractivity contribution in [2.75, 3.05) is 43.7 Å². The molecule has 0 spiro atoms. The molecule has 2 rings (SSSR count). The standard InChI is InChI=1S/C29H55N3O4SSi/c1-29(2,3)38(5,6)36-28(25-17-18-27(33)26(23-25)31-37(4,34)35)24-30-19-13-10-8-7-9-11-14-20-32-21-15-12-16-22-32/h17-18,23,28,30-31,33H,7-16,19-22,24H2,1-6H3/t28-/m1/s1. The molecule has 1 aliphatic heterocycles. The molecule has 0 amide bonds. The zero-order valence-electron chi connectivity index (χ0n) is 24.9. The molecule has 220 valence electrons. The van der Waals surface area contributed by atoms with Crippen molar-refractivity contribution in [3.05, 3.63) is 23.8 Å². The summed E-state index contributed by atoms with van der Waals surface area (Å²) in [6.07, 6.45) is 14.0. The minimum atomic E-state index is -3.50. The summed E-state index contributed by atoms with van der Waals surface area (Å²) in [7, 11) is -5.58. The Bertz CT molecular complexity index is 928. The first-order chi connectivity index (χ1) is 17.8. The van der Waals surface area contributed by atoms with E-state index in [2.05, 4.69) is 48.8 Å². The van der Waals surface area contributed by atoms with E-state index in [-0.39, 0.29) is 22.6 Å². The normalized spacial score (nSPS) is 16.5. The van der Waals surface area contributed by atoms with E-state index in [1.165, 1.54) is 83.5 Å². The lowest BCUT2D eigenvalue weighted by atomic mass is 10.1. The number of benzene rings is 1. The maximum absolute atomic E-state index is 11.8. The van der Waals surface area contributed by atoms with Crippen LogP contribution in [0.4, 0.5) is 5.69 Å². The number of rotatable bonds is 17. The summed E-state index contributed by atoms with van der Waals surface area (Å²) < 4.78 is 32.7. The number of nitrogens with zero attached hydrogens (tertiary/aromatic N) is 1. The van der Waals surface area contributed by atoms with Crippen LogP contribution in [0.3, 0.4) is 0 Å². The molecule has 0 radical (unpaired) electrons. The van der Waals surface area contributed by atoms with Crippen LogP contribution in [-0.2, 0) is 14.4 Å². The molecule has 1 aliphatic rings.